The van der Waals surface area contributed by atoms with Crippen molar-refractivity contribution in [3.05, 3.63) is 60.4 Å². The normalized spacial score (nSPS) is 14.1. The number of benzene rings is 1. The summed E-state index contributed by atoms with van der Waals surface area (Å²) in [4.78, 5) is 4.60. The van der Waals surface area contributed by atoms with Crippen molar-refractivity contribution < 1.29 is 8.39 Å². The number of pyridine rings is 1. The van der Waals surface area contributed by atoms with Crippen molar-refractivity contribution in [1.29, 1.82) is 0 Å². The second-order valence-corrected chi connectivity index (χ2v) is 6.28. The van der Waals surface area contributed by atoms with Crippen LogP contribution in [0.25, 0.3) is 0 Å². The highest BCUT2D eigenvalue weighted by atomic mass is 32.8. The first-order valence-electron chi connectivity index (χ1n) is 5.03. The summed E-state index contributed by atoms with van der Waals surface area (Å²) >= 11 is 4.99. The Morgan fingerprint density at radius 3 is 2.47 bits per heavy atom. The zero-order valence-corrected chi connectivity index (χ0v) is 10.6. The van der Waals surface area contributed by atoms with Gasteiger partial charge in [-0.1, -0.05) is 24.3 Å². The molecule has 1 unspecified atom stereocenters. The lowest BCUT2D eigenvalue weighted by atomic mass is 10.4. The van der Waals surface area contributed by atoms with Crippen molar-refractivity contribution in [2.24, 2.45) is 0 Å². The molecular formula is C12H11NO2S2. The van der Waals surface area contributed by atoms with Gasteiger partial charge in [0.15, 0.2) is 8.77 Å². The van der Waals surface area contributed by atoms with Gasteiger partial charge in [-0.05, 0) is 24.3 Å². The topological polar surface area (TPSA) is 39.2 Å². The molecule has 1 aromatic carbocycles. The summed E-state index contributed by atoms with van der Waals surface area (Å²) in [6, 6.07) is 14.3. The molecule has 3 nitrogen and oxygen atoms in total. The standard InChI is InChI=1S/C12H11NO2S2/c14-17(16,12-7-2-1-3-8-12)15-10-11-6-4-5-9-13-11/h1-9H,10H2. The molecule has 0 aliphatic rings. The fraction of sp³-hybridized carbons (Fsp3) is 0.0833. The molecule has 0 saturated carbocycles. The molecule has 0 aliphatic carbocycles. The molecule has 17 heavy (non-hydrogen) atoms. The molecule has 0 spiro atoms. The molecule has 1 aromatic heterocycles. The van der Waals surface area contributed by atoms with Gasteiger partial charge in [-0.25, -0.2) is 4.21 Å². The van der Waals surface area contributed by atoms with E-state index < -0.39 is 8.77 Å². The Hall–Kier alpha value is -1.30. The lowest BCUT2D eigenvalue weighted by Gasteiger charge is -2.07. The van der Waals surface area contributed by atoms with Crippen LogP contribution in [-0.2, 0) is 30.8 Å². The maximum absolute atomic E-state index is 12.1. The van der Waals surface area contributed by atoms with Gasteiger partial charge in [0.2, 0.25) is 0 Å². The summed E-state index contributed by atoms with van der Waals surface area (Å²) in [5, 5.41) is 0. The summed E-state index contributed by atoms with van der Waals surface area (Å²) in [6.07, 6.45) is 1.66. The summed E-state index contributed by atoms with van der Waals surface area (Å²) in [6.45, 7) is 0.151. The lowest BCUT2D eigenvalue weighted by molar-refractivity contribution is 0.330. The van der Waals surface area contributed by atoms with E-state index in [1.807, 2.05) is 18.2 Å². The Kier molecular flexibility index (Phi) is 3.83. The monoisotopic (exact) mass is 265 g/mol. The third-order valence-corrected chi connectivity index (χ3v) is 4.26. The van der Waals surface area contributed by atoms with Gasteiger partial charge in [-0.15, -0.1) is 0 Å². The molecule has 0 bridgehead atoms. The van der Waals surface area contributed by atoms with Crippen molar-refractivity contribution in [3.63, 3.8) is 0 Å². The molecule has 0 aliphatic heterocycles. The maximum Gasteiger partial charge on any atom is 0.173 e. The SMILES string of the molecule is O=S(=S)(OCc1ccccn1)c1ccccc1. The van der Waals surface area contributed by atoms with Crippen LogP contribution in [0.2, 0.25) is 0 Å². The molecular weight excluding hydrogens is 254 g/mol. The summed E-state index contributed by atoms with van der Waals surface area (Å²) < 4.78 is 17.4. The van der Waals surface area contributed by atoms with Gasteiger partial charge in [-0.2, -0.15) is 0 Å². The van der Waals surface area contributed by atoms with Crippen LogP contribution in [0.1, 0.15) is 5.69 Å². The van der Waals surface area contributed by atoms with E-state index in [0.29, 0.717) is 10.6 Å². The van der Waals surface area contributed by atoms with E-state index in [2.05, 4.69) is 4.98 Å². The average Bonchev–Trinajstić information content (AvgIpc) is 2.39. The van der Waals surface area contributed by atoms with E-state index in [1.165, 1.54) is 0 Å². The Balaban J connectivity index is 2.09. The van der Waals surface area contributed by atoms with Gasteiger partial charge in [0, 0.05) is 17.4 Å². The van der Waals surface area contributed by atoms with Gasteiger partial charge in [-0.3, -0.25) is 9.17 Å². The average molecular weight is 265 g/mol. The maximum atomic E-state index is 12.1. The molecule has 88 valence electrons. The van der Waals surface area contributed by atoms with E-state index in [4.69, 9.17) is 15.4 Å². The van der Waals surface area contributed by atoms with Crippen LogP contribution in [0.3, 0.4) is 0 Å². The first-order valence-corrected chi connectivity index (χ1v) is 7.44. The smallest absolute Gasteiger partial charge is 0.173 e. The minimum absolute atomic E-state index is 0.151. The lowest BCUT2D eigenvalue weighted by Crippen LogP contribution is -2.05. The minimum atomic E-state index is -2.87. The van der Waals surface area contributed by atoms with Gasteiger partial charge in [0.25, 0.3) is 0 Å². The van der Waals surface area contributed by atoms with Crippen molar-refractivity contribution in [2.45, 2.75) is 11.5 Å². The number of hydrogen-bond acceptors (Lipinski definition) is 4. The molecule has 0 saturated heterocycles. The van der Waals surface area contributed by atoms with Gasteiger partial charge < -0.3 is 0 Å². The third kappa shape index (κ3) is 3.33. The number of nitrogens with zero attached hydrogens (tertiary/aromatic N) is 1. The van der Waals surface area contributed by atoms with Gasteiger partial charge in [0.05, 0.1) is 10.6 Å². The highest BCUT2D eigenvalue weighted by molar-refractivity contribution is 8.30. The number of hydrogen-bond donors (Lipinski definition) is 0. The van der Waals surface area contributed by atoms with Gasteiger partial charge >= 0.3 is 0 Å². The second-order valence-electron chi connectivity index (χ2n) is 3.35. The number of rotatable bonds is 4. The van der Waals surface area contributed by atoms with Gasteiger partial charge in [0.1, 0.15) is 6.61 Å². The molecule has 1 heterocycles. The molecule has 2 rings (SSSR count). The Labute approximate surface area is 105 Å². The van der Waals surface area contributed by atoms with Crippen LogP contribution in [-0.4, -0.2) is 9.19 Å². The molecule has 0 fully saturated rings. The van der Waals surface area contributed by atoms with E-state index in [1.54, 1.807) is 36.5 Å². The van der Waals surface area contributed by atoms with Crippen LogP contribution in [0.4, 0.5) is 0 Å². The van der Waals surface area contributed by atoms with Crippen LogP contribution in [0.5, 0.6) is 0 Å². The first-order chi connectivity index (χ1) is 8.18. The molecule has 1 atom stereocenters. The Morgan fingerprint density at radius 2 is 1.82 bits per heavy atom. The van der Waals surface area contributed by atoms with E-state index in [-0.39, 0.29) is 6.61 Å². The molecule has 2 aromatic rings. The van der Waals surface area contributed by atoms with Crippen molar-refractivity contribution >= 4 is 20.0 Å². The fourth-order valence-electron chi connectivity index (χ4n) is 1.28. The summed E-state index contributed by atoms with van der Waals surface area (Å²) in [5.74, 6) is 0. The van der Waals surface area contributed by atoms with E-state index in [0.717, 1.165) is 0 Å². The molecule has 0 radical (unpaired) electrons. The number of aromatic nitrogens is 1. The highest BCUT2D eigenvalue weighted by Gasteiger charge is 2.10. The third-order valence-electron chi connectivity index (χ3n) is 2.12. The van der Waals surface area contributed by atoms with E-state index >= 15 is 0 Å². The van der Waals surface area contributed by atoms with Crippen LogP contribution < -0.4 is 0 Å². The summed E-state index contributed by atoms with van der Waals surface area (Å²) in [5.41, 5.74) is 0.709. The molecule has 5 heteroatoms. The molecule has 0 amide bonds. The van der Waals surface area contributed by atoms with Crippen molar-refractivity contribution in [1.82, 2.24) is 4.98 Å². The second kappa shape index (κ2) is 5.35. The van der Waals surface area contributed by atoms with Crippen molar-refractivity contribution in [3.8, 4) is 0 Å². The van der Waals surface area contributed by atoms with Crippen LogP contribution in [0.15, 0.2) is 59.6 Å². The predicted octanol–water partition coefficient (Wildman–Crippen LogP) is 2.32. The summed E-state index contributed by atoms with van der Waals surface area (Å²) in [7, 11) is -2.87. The van der Waals surface area contributed by atoms with Crippen LogP contribution in [0, 0.1) is 0 Å². The van der Waals surface area contributed by atoms with Crippen molar-refractivity contribution in [2.75, 3.05) is 0 Å². The zero-order valence-electron chi connectivity index (χ0n) is 8.98. The largest absolute Gasteiger partial charge is 0.280 e. The molecule has 0 N–H and O–H groups in total. The highest BCUT2D eigenvalue weighted by Crippen LogP contribution is 2.13. The quantitative estimate of drug-likeness (QED) is 0.850. The Bertz CT molecular complexity index is 568. The van der Waals surface area contributed by atoms with E-state index in [9.17, 15) is 4.21 Å². The Morgan fingerprint density at radius 1 is 1.12 bits per heavy atom. The van der Waals surface area contributed by atoms with Crippen LogP contribution >= 0.6 is 0 Å². The first kappa shape index (κ1) is 12.2. The minimum Gasteiger partial charge on any atom is -0.280 e. The fourth-order valence-corrected chi connectivity index (χ4v) is 2.66. The predicted molar refractivity (Wildman–Crippen MR) is 69.2 cm³/mol. The zero-order chi connectivity index (χ0) is 12.1.